The van der Waals surface area contributed by atoms with Crippen molar-refractivity contribution in [1.29, 1.82) is 0 Å². The molecule has 0 aromatic carbocycles. The van der Waals surface area contributed by atoms with Crippen LogP contribution in [0.5, 0.6) is 0 Å². The third kappa shape index (κ3) is 2.20. The number of aromatic nitrogens is 3. The first-order chi connectivity index (χ1) is 8.67. The quantitative estimate of drug-likeness (QED) is 0.773. The molecule has 0 aliphatic carbocycles. The topological polar surface area (TPSA) is 88.2 Å². The number of esters is 1. The predicted molar refractivity (Wildman–Crippen MR) is 61.8 cm³/mol. The number of hydrogen-bond acceptors (Lipinski definition) is 5. The number of amides is 1. The Kier molecular flexibility index (Phi) is 3.59. The Balaban J connectivity index is 2.15. The number of hydrogen-bond donors (Lipinski definition) is 1. The highest BCUT2D eigenvalue weighted by atomic mass is 16.5. The monoisotopic (exact) mass is 252 g/mol. The Hall–Kier alpha value is -1.92. The summed E-state index contributed by atoms with van der Waals surface area (Å²) in [7, 11) is 1.32. The first-order valence-electron chi connectivity index (χ1n) is 5.97. The zero-order valence-electron chi connectivity index (χ0n) is 10.5. The van der Waals surface area contributed by atoms with Gasteiger partial charge in [0.15, 0.2) is 0 Å². The van der Waals surface area contributed by atoms with Crippen molar-refractivity contribution in [3.05, 3.63) is 11.6 Å². The minimum Gasteiger partial charge on any atom is -0.467 e. The summed E-state index contributed by atoms with van der Waals surface area (Å²) in [5, 5.41) is 6.56. The molecule has 18 heavy (non-hydrogen) atoms. The number of aryl methyl sites for hydroxylation is 1. The molecule has 0 saturated carbocycles. The summed E-state index contributed by atoms with van der Waals surface area (Å²) < 4.78 is 4.70. The second-order valence-corrected chi connectivity index (χ2v) is 4.14. The van der Waals surface area contributed by atoms with Gasteiger partial charge in [0.05, 0.1) is 7.11 Å². The van der Waals surface area contributed by atoms with Crippen molar-refractivity contribution in [1.82, 2.24) is 20.1 Å². The molecule has 98 valence electrons. The molecule has 1 atom stereocenters. The van der Waals surface area contributed by atoms with Crippen LogP contribution in [0.25, 0.3) is 0 Å². The SMILES string of the molecule is CCc1nc(C(=O)N2CCCC2C(=O)OC)n[nH]1. The minimum absolute atomic E-state index is 0.114. The van der Waals surface area contributed by atoms with Crippen LogP contribution in [0.15, 0.2) is 0 Å². The molecule has 0 radical (unpaired) electrons. The van der Waals surface area contributed by atoms with Crippen LogP contribution in [0.3, 0.4) is 0 Å². The average Bonchev–Trinajstić information content (AvgIpc) is 3.05. The van der Waals surface area contributed by atoms with Crippen LogP contribution in [-0.2, 0) is 16.0 Å². The minimum atomic E-state index is -0.508. The van der Waals surface area contributed by atoms with Crippen LogP contribution < -0.4 is 0 Å². The molecule has 1 unspecified atom stereocenters. The van der Waals surface area contributed by atoms with E-state index in [2.05, 4.69) is 15.2 Å². The lowest BCUT2D eigenvalue weighted by Gasteiger charge is -2.20. The third-order valence-corrected chi connectivity index (χ3v) is 3.04. The second kappa shape index (κ2) is 5.16. The molecule has 7 heteroatoms. The number of carbonyl (C=O) groups is 2. The van der Waals surface area contributed by atoms with Gasteiger partial charge in [-0.05, 0) is 12.8 Å². The van der Waals surface area contributed by atoms with Crippen molar-refractivity contribution >= 4 is 11.9 Å². The third-order valence-electron chi connectivity index (χ3n) is 3.04. The Morgan fingerprint density at radius 1 is 1.56 bits per heavy atom. The lowest BCUT2D eigenvalue weighted by molar-refractivity contribution is -0.145. The molecule has 1 saturated heterocycles. The van der Waals surface area contributed by atoms with Crippen LogP contribution in [0.2, 0.25) is 0 Å². The number of ether oxygens (including phenoxy) is 1. The maximum atomic E-state index is 12.2. The summed E-state index contributed by atoms with van der Waals surface area (Å²) in [6.07, 6.45) is 2.10. The molecule has 0 bridgehead atoms. The molecule has 1 aromatic rings. The lowest BCUT2D eigenvalue weighted by atomic mass is 10.2. The molecule has 2 heterocycles. The van der Waals surface area contributed by atoms with Gasteiger partial charge in [0.25, 0.3) is 5.91 Å². The van der Waals surface area contributed by atoms with Gasteiger partial charge in [0.2, 0.25) is 5.82 Å². The van der Waals surface area contributed by atoms with Gasteiger partial charge in [0.1, 0.15) is 11.9 Å². The number of aromatic amines is 1. The number of methoxy groups -OCH3 is 1. The Morgan fingerprint density at radius 3 is 2.94 bits per heavy atom. The smallest absolute Gasteiger partial charge is 0.328 e. The fourth-order valence-corrected chi connectivity index (χ4v) is 2.07. The Morgan fingerprint density at radius 2 is 2.33 bits per heavy atom. The summed E-state index contributed by atoms with van der Waals surface area (Å²) >= 11 is 0. The predicted octanol–water partition coefficient (Wildman–Crippen LogP) is 0.145. The first kappa shape index (κ1) is 12.5. The van der Waals surface area contributed by atoms with Crippen molar-refractivity contribution in [3.8, 4) is 0 Å². The van der Waals surface area contributed by atoms with Gasteiger partial charge >= 0.3 is 5.97 Å². The molecule has 1 N–H and O–H groups in total. The average molecular weight is 252 g/mol. The van der Waals surface area contributed by atoms with E-state index < -0.39 is 6.04 Å². The van der Waals surface area contributed by atoms with Crippen molar-refractivity contribution in [2.45, 2.75) is 32.2 Å². The highest BCUT2D eigenvalue weighted by Gasteiger charge is 2.36. The van der Waals surface area contributed by atoms with E-state index in [1.165, 1.54) is 12.0 Å². The molecule has 1 aromatic heterocycles. The van der Waals surface area contributed by atoms with Crippen molar-refractivity contribution in [2.75, 3.05) is 13.7 Å². The van der Waals surface area contributed by atoms with E-state index in [1.54, 1.807) is 0 Å². The van der Waals surface area contributed by atoms with Crippen molar-refractivity contribution in [3.63, 3.8) is 0 Å². The molecule has 0 spiro atoms. The van der Waals surface area contributed by atoms with Gasteiger partial charge in [0, 0.05) is 13.0 Å². The van der Waals surface area contributed by atoms with E-state index in [9.17, 15) is 9.59 Å². The van der Waals surface area contributed by atoms with Gasteiger partial charge in [-0.3, -0.25) is 9.89 Å². The highest BCUT2D eigenvalue weighted by Crippen LogP contribution is 2.20. The lowest BCUT2D eigenvalue weighted by Crippen LogP contribution is -2.41. The van der Waals surface area contributed by atoms with Crippen LogP contribution in [-0.4, -0.2) is 51.7 Å². The maximum absolute atomic E-state index is 12.2. The number of nitrogens with one attached hydrogen (secondary N) is 1. The number of likely N-dealkylation sites (tertiary alicyclic amines) is 1. The van der Waals surface area contributed by atoms with Crippen molar-refractivity contribution < 1.29 is 14.3 Å². The molecule has 1 fully saturated rings. The molecular weight excluding hydrogens is 236 g/mol. The van der Waals surface area contributed by atoms with Crippen LogP contribution >= 0.6 is 0 Å². The standard InChI is InChI=1S/C11H16N4O3/c1-3-8-12-9(14-13-8)10(16)15-6-4-5-7(15)11(17)18-2/h7H,3-6H2,1-2H3,(H,12,13,14). The van der Waals surface area contributed by atoms with Gasteiger partial charge in [-0.25, -0.2) is 9.78 Å². The van der Waals surface area contributed by atoms with Crippen LogP contribution in [0.4, 0.5) is 0 Å². The van der Waals surface area contributed by atoms with Crippen molar-refractivity contribution in [2.24, 2.45) is 0 Å². The number of H-pyrrole nitrogens is 1. The Bertz CT molecular complexity index is 457. The highest BCUT2D eigenvalue weighted by molar-refractivity contribution is 5.94. The van der Waals surface area contributed by atoms with Gasteiger partial charge in [-0.15, -0.1) is 5.10 Å². The van der Waals surface area contributed by atoms with E-state index >= 15 is 0 Å². The van der Waals surface area contributed by atoms with Crippen LogP contribution in [0, 0.1) is 0 Å². The first-order valence-corrected chi connectivity index (χ1v) is 5.97. The summed E-state index contributed by atoms with van der Waals surface area (Å²) in [6, 6.07) is -0.508. The van der Waals surface area contributed by atoms with E-state index in [0.29, 0.717) is 25.2 Å². The second-order valence-electron chi connectivity index (χ2n) is 4.14. The molecule has 7 nitrogen and oxygen atoms in total. The molecule has 1 aliphatic heterocycles. The van der Waals surface area contributed by atoms with Gasteiger partial charge < -0.3 is 9.64 Å². The summed E-state index contributed by atoms with van der Waals surface area (Å²) in [5.74, 6) is 0.0702. The van der Waals surface area contributed by atoms with Crippen LogP contribution in [0.1, 0.15) is 36.2 Å². The number of carbonyl (C=O) groups excluding carboxylic acids is 2. The summed E-state index contributed by atoms with van der Waals surface area (Å²) in [5.41, 5.74) is 0. The summed E-state index contributed by atoms with van der Waals surface area (Å²) in [4.78, 5) is 29.3. The molecule has 1 aliphatic rings. The fraction of sp³-hybridized carbons (Fsp3) is 0.636. The van der Waals surface area contributed by atoms with E-state index in [4.69, 9.17) is 4.74 Å². The van der Waals surface area contributed by atoms with E-state index in [1.807, 2.05) is 6.92 Å². The molecule has 2 rings (SSSR count). The maximum Gasteiger partial charge on any atom is 0.328 e. The Labute approximate surface area is 105 Å². The zero-order chi connectivity index (χ0) is 13.1. The normalized spacial score (nSPS) is 19.0. The molecule has 1 amide bonds. The zero-order valence-corrected chi connectivity index (χ0v) is 10.5. The molecular formula is C11H16N4O3. The summed E-state index contributed by atoms with van der Waals surface area (Å²) in [6.45, 7) is 2.45. The van der Waals surface area contributed by atoms with E-state index in [-0.39, 0.29) is 17.7 Å². The van der Waals surface area contributed by atoms with Gasteiger partial charge in [-0.1, -0.05) is 6.92 Å². The van der Waals surface area contributed by atoms with Gasteiger partial charge in [-0.2, -0.15) is 0 Å². The van der Waals surface area contributed by atoms with E-state index in [0.717, 1.165) is 6.42 Å². The fourth-order valence-electron chi connectivity index (χ4n) is 2.07. The number of nitrogens with zero attached hydrogens (tertiary/aromatic N) is 3. The number of rotatable bonds is 3. The largest absolute Gasteiger partial charge is 0.467 e.